The lowest BCUT2D eigenvalue weighted by atomic mass is 10.1. The number of urea groups is 1. The molecule has 1 aromatic heterocycles. The number of anilines is 2. The molecule has 3 aromatic carbocycles. The lowest BCUT2D eigenvalue weighted by molar-refractivity contribution is 0.00704. The predicted octanol–water partition coefficient (Wildman–Crippen LogP) is 7.22. The molecule has 0 aliphatic rings. The molecule has 0 fully saturated rings. The Bertz CT molecular complexity index is 1820. The lowest BCUT2D eigenvalue weighted by Crippen LogP contribution is -2.37. The molecule has 0 bridgehead atoms. The van der Waals surface area contributed by atoms with E-state index < -0.39 is 40.9 Å². The van der Waals surface area contributed by atoms with Crippen LogP contribution in [0.2, 0.25) is 5.02 Å². The second kappa shape index (κ2) is 13.0. The van der Waals surface area contributed by atoms with E-state index in [0.29, 0.717) is 16.9 Å². The van der Waals surface area contributed by atoms with Gasteiger partial charge in [0.15, 0.2) is 0 Å². The number of esters is 1. The number of ether oxygens (including phenoxy) is 2. The van der Waals surface area contributed by atoms with Gasteiger partial charge in [-0.3, -0.25) is 9.36 Å². The number of halogens is 1. The second-order valence-electron chi connectivity index (χ2n) is 12.3. The fourth-order valence-corrected chi connectivity index (χ4v) is 4.66. The number of hydrogen-bond donors (Lipinski definition) is 3. The Balaban J connectivity index is 1.68. The van der Waals surface area contributed by atoms with Crippen LogP contribution in [0, 0.1) is 0 Å². The van der Waals surface area contributed by atoms with Crippen molar-refractivity contribution in [3.05, 3.63) is 93.5 Å². The van der Waals surface area contributed by atoms with Gasteiger partial charge in [-0.05, 0) is 90.9 Å². The number of hydrogen-bond acceptors (Lipinski definition) is 7. The summed E-state index contributed by atoms with van der Waals surface area (Å²) < 4.78 is 12.2. The molecule has 1 heterocycles. The van der Waals surface area contributed by atoms with Gasteiger partial charge in [0.1, 0.15) is 17.0 Å². The zero-order valence-corrected chi connectivity index (χ0v) is 26.9. The first-order valence-corrected chi connectivity index (χ1v) is 14.6. The number of fused-ring (bicyclic) bond motifs is 1. The Morgan fingerprint density at radius 3 is 2.22 bits per heavy atom. The van der Waals surface area contributed by atoms with E-state index in [0.717, 1.165) is 0 Å². The minimum absolute atomic E-state index is 0.193. The Morgan fingerprint density at radius 2 is 1.53 bits per heavy atom. The Labute approximate surface area is 265 Å². The number of carbonyl (C=O) groups excluding carboxylic acids is 3. The van der Waals surface area contributed by atoms with Gasteiger partial charge in [0, 0.05) is 5.69 Å². The molecule has 0 saturated heterocycles. The number of rotatable bonds is 6. The van der Waals surface area contributed by atoms with Gasteiger partial charge < -0.3 is 25.4 Å². The van der Waals surface area contributed by atoms with Crippen molar-refractivity contribution in [2.75, 3.05) is 10.6 Å². The van der Waals surface area contributed by atoms with Crippen molar-refractivity contribution < 1.29 is 23.9 Å². The molecule has 3 amide bonds. The average molecular weight is 634 g/mol. The summed E-state index contributed by atoms with van der Waals surface area (Å²) in [5.41, 5.74) is -0.417. The third kappa shape index (κ3) is 8.39. The van der Waals surface area contributed by atoms with E-state index in [1.165, 1.54) is 4.57 Å². The van der Waals surface area contributed by atoms with Crippen molar-refractivity contribution in [2.45, 2.75) is 65.7 Å². The topological polar surface area (TPSA) is 141 Å². The van der Waals surface area contributed by atoms with Crippen LogP contribution >= 0.6 is 11.6 Å². The molecule has 45 heavy (non-hydrogen) atoms. The van der Waals surface area contributed by atoms with Gasteiger partial charge in [-0.2, -0.15) is 0 Å². The number of amides is 3. The highest BCUT2D eigenvalue weighted by molar-refractivity contribution is 6.35. The van der Waals surface area contributed by atoms with E-state index in [-0.39, 0.29) is 27.5 Å². The summed E-state index contributed by atoms with van der Waals surface area (Å²) in [6, 6.07) is 16.6. The van der Waals surface area contributed by atoms with Crippen LogP contribution in [0.1, 0.15) is 70.7 Å². The highest BCUT2D eigenvalue weighted by Crippen LogP contribution is 2.25. The van der Waals surface area contributed by atoms with Crippen molar-refractivity contribution in [1.29, 1.82) is 0 Å². The minimum atomic E-state index is -0.764. The van der Waals surface area contributed by atoms with Crippen LogP contribution in [0.15, 0.2) is 71.5 Å². The van der Waals surface area contributed by atoms with Gasteiger partial charge in [-0.15, -0.1) is 0 Å². The van der Waals surface area contributed by atoms with E-state index in [2.05, 4.69) is 20.9 Å². The molecule has 0 spiro atoms. The van der Waals surface area contributed by atoms with Crippen molar-refractivity contribution >= 4 is 52.0 Å². The fourth-order valence-electron chi connectivity index (χ4n) is 4.41. The summed E-state index contributed by atoms with van der Waals surface area (Å²) in [7, 11) is 0. The van der Waals surface area contributed by atoms with Crippen LogP contribution in [0.5, 0.6) is 0 Å². The molecule has 4 aromatic rings. The van der Waals surface area contributed by atoms with Gasteiger partial charge in [0.25, 0.3) is 5.56 Å². The van der Waals surface area contributed by atoms with Crippen LogP contribution in [-0.4, -0.2) is 38.8 Å². The van der Waals surface area contributed by atoms with Gasteiger partial charge in [-0.25, -0.2) is 19.4 Å². The average Bonchev–Trinajstić information content (AvgIpc) is 2.91. The first-order chi connectivity index (χ1) is 21.0. The first kappa shape index (κ1) is 33.0. The molecule has 4 rings (SSSR count). The summed E-state index contributed by atoms with van der Waals surface area (Å²) in [6.07, 6.45) is -0.680. The fraction of sp³-hybridized carbons (Fsp3) is 0.303. The van der Waals surface area contributed by atoms with Gasteiger partial charge >= 0.3 is 18.1 Å². The molecule has 3 N–H and O–H groups in total. The summed E-state index contributed by atoms with van der Waals surface area (Å²) in [4.78, 5) is 57.0. The zero-order valence-electron chi connectivity index (χ0n) is 26.2. The quantitative estimate of drug-likeness (QED) is 0.190. The summed E-state index contributed by atoms with van der Waals surface area (Å²) >= 11 is 6.42. The van der Waals surface area contributed by atoms with Crippen molar-refractivity contribution in [1.82, 2.24) is 14.9 Å². The molecule has 236 valence electrons. The zero-order chi connectivity index (χ0) is 33.1. The first-order valence-electron chi connectivity index (χ1n) is 14.2. The maximum atomic E-state index is 13.9. The Kier molecular flexibility index (Phi) is 9.53. The number of alkyl carbamates (subject to hydrolysis) is 1. The SMILES string of the molecule is C[C@H](NC(=O)OC(C)(C)C)c1nc2cccc(Cl)c2c(=O)n1-c1cccc(NC(=O)Nc2ccccc2C(=O)OC(C)(C)C)c1. The van der Waals surface area contributed by atoms with Gasteiger partial charge in [0.05, 0.1) is 38.9 Å². The maximum Gasteiger partial charge on any atom is 0.408 e. The molecule has 1 atom stereocenters. The van der Waals surface area contributed by atoms with E-state index >= 15 is 0 Å². The van der Waals surface area contributed by atoms with Gasteiger partial charge in [-0.1, -0.05) is 35.9 Å². The third-order valence-electron chi connectivity index (χ3n) is 6.15. The molecule has 12 heteroatoms. The van der Waals surface area contributed by atoms with E-state index in [9.17, 15) is 19.2 Å². The molecule has 0 unspecified atom stereocenters. The van der Waals surface area contributed by atoms with E-state index in [4.69, 9.17) is 21.1 Å². The van der Waals surface area contributed by atoms with E-state index in [1.807, 2.05) is 0 Å². The number of carbonyl (C=O) groups is 3. The van der Waals surface area contributed by atoms with E-state index in [1.54, 1.807) is 115 Å². The number of aromatic nitrogens is 2. The van der Waals surface area contributed by atoms with Gasteiger partial charge in [0.2, 0.25) is 0 Å². The molecule has 0 aliphatic heterocycles. The predicted molar refractivity (Wildman–Crippen MR) is 174 cm³/mol. The molecule has 0 saturated carbocycles. The summed E-state index contributed by atoms with van der Waals surface area (Å²) in [6.45, 7) is 12.2. The molecule has 0 aliphatic carbocycles. The minimum Gasteiger partial charge on any atom is -0.456 e. The Morgan fingerprint density at radius 1 is 0.867 bits per heavy atom. The smallest absolute Gasteiger partial charge is 0.408 e. The molecule has 11 nitrogen and oxygen atoms in total. The number of benzene rings is 3. The highest BCUT2D eigenvalue weighted by Gasteiger charge is 2.24. The number of nitrogens with one attached hydrogen (secondary N) is 3. The molecular formula is C33H36ClN5O6. The molecule has 0 radical (unpaired) electrons. The Hall–Kier alpha value is -4.90. The number of para-hydroxylation sites is 1. The highest BCUT2D eigenvalue weighted by atomic mass is 35.5. The largest absolute Gasteiger partial charge is 0.456 e. The van der Waals surface area contributed by atoms with Crippen LogP contribution in [0.4, 0.5) is 21.0 Å². The normalized spacial score (nSPS) is 12.3. The van der Waals surface area contributed by atoms with Crippen molar-refractivity contribution in [3.63, 3.8) is 0 Å². The summed E-state index contributed by atoms with van der Waals surface area (Å²) in [5, 5.41) is 8.58. The summed E-state index contributed by atoms with van der Waals surface area (Å²) in [5.74, 6) is -0.364. The van der Waals surface area contributed by atoms with Crippen LogP contribution < -0.4 is 21.5 Å². The maximum absolute atomic E-state index is 13.9. The monoisotopic (exact) mass is 633 g/mol. The van der Waals surface area contributed by atoms with Crippen LogP contribution in [0.25, 0.3) is 16.6 Å². The number of nitrogens with zero attached hydrogens (tertiary/aromatic N) is 2. The third-order valence-corrected chi connectivity index (χ3v) is 6.46. The standard InChI is InChI=1S/C33H36ClN5O6/c1-19(35-31(43)45-33(5,6)7)27-37-25-17-11-15-23(34)26(25)28(40)39(27)21-13-10-12-20(18-21)36-30(42)38-24-16-9-8-14-22(24)29(41)44-32(2,3)4/h8-19H,1-7H3,(H,35,43)(H2,36,38,42)/t19-/m0/s1. The molecular weight excluding hydrogens is 598 g/mol. The van der Waals surface area contributed by atoms with Crippen LogP contribution in [-0.2, 0) is 9.47 Å². The van der Waals surface area contributed by atoms with Crippen molar-refractivity contribution in [3.8, 4) is 5.69 Å². The lowest BCUT2D eigenvalue weighted by Gasteiger charge is -2.23. The second-order valence-corrected chi connectivity index (χ2v) is 12.7. The van der Waals surface area contributed by atoms with Crippen molar-refractivity contribution in [2.24, 2.45) is 0 Å². The van der Waals surface area contributed by atoms with Crippen LogP contribution in [0.3, 0.4) is 0 Å².